The van der Waals surface area contributed by atoms with Crippen molar-refractivity contribution in [1.29, 1.82) is 0 Å². The number of para-hydroxylation sites is 2. The van der Waals surface area contributed by atoms with Gasteiger partial charge in [0.05, 0.1) is 19.2 Å². The first-order chi connectivity index (χ1) is 11.0. The molecule has 1 aromatic heterocycles. The Bertz CT molecular complexity index is 696. The Kier molecular flexibility index (Phi) is 5.59. The molecule has 0 fully saturated rings. The van der Waals surface area contributed by atoms with Crippen molar-refractivity contribution >= 4 is 23.3 Å². The lowest BCUT2D eigenvalue weighted by atomic mass is 10.2. The summed E-state index contributed by atoms with van der Waals surface area (Å²) >= 11 is 5.72. The number of halogens is 1. The summed E-state index contributed by atoms with van der Waals surface area (Å²) in [6, 6.07) is 8.70. The number of methoxy groups -OCH3 is 1. The summed E-state index contributed by atoms with van der Waals surface area (Å²) in [5, 5.41) is 10.6. The standard InChI is InChI=1S/C15H17ClN4O3/c1-9(23-12-6-4-3-5-11(12)22-2)8-18-15-10(14(17)21)7-13(16)19-20-15/h3-7,9H,8H2,1-2H3,(H2,17,21)(H,18,20). The summed E-state index contributed by atoms with van der Waals surface area (Å²) in [5.41, 5.74) is 5.47. The predicted molar refractivity (Wildman–Crippen MR) is 87.1 cm³/mol. The van der Waals surface area contributed by atoms with Crippen molar-refractivity contribution in [1.82, 2.24) is 10.2 Å². The predicted octanol–water partition coefficient (Wildman–Crippen LogP) is 2.12. The first kappa shape index (κ1) is 16.8. The molecule has 1 atom stereocenters. The van der Waals surface area contributed by atoms with Gasteiger partial charge >= 0.3 is 0 Å². The van der Waals surface area contributed by atoms with Crippen LogP contribution in [-0.4, -0.2) is 35.9 Å². The molecule has 0 aliphatic rings. The van der Waals surface area contributed by atoms with Crippen LogP contribution < -0.4 is 20.5 Å². The van der Waals surface area contributed by atoms with Crippen LogP contribution in [0.4, 0.5) is 5.82 Å². The summed E-state index contributed by atoms with van der Waals surface area (Å²) in [5.74, 6) is 0.894. The number of nitrogens with zero attached hydrogens (tertiary/aromatic N) is 2. The lowest BCUT2D eigenvalue weighted by Gasteiger charge is -2.18. The normalized spacial score (nSPS) is 11.6. The number of carbonyl (C=O) groups excluding carboxylic acids is 1. The maximum absolute atomic E-state index is 11.4. The van der Waals surface area contributed by atoms with Crippen molar-refractivity contribution in [3.05, 3.63) is 41.0 Å². The molecule has 7 nitrogen and oxygen atoms in total. The molecule has 0 saturated carbocycles. The van der Waals surface area contributed by atoms with Gasteiger partial charge < -0.3 is 20.5 Å². The third kappa shape index (κ3) is 4.46. The van der Waals surface area contributed by atoms with E-state index in [2.05, 4.69) is 15.5 Å². The lowest BCUT2D eigenvalue weighted by Crippen LogP contribution is -2.25. The van der Waals surface area contributed by atoms with Crippen molar-refractivity contribution in [2.45, 2.75) is 13.0 Å². The van der Waals surface area contributed by atoms with Gasteiger partial charge in [0.1, 0.15) is 6.10 Å². The fourth-order valence-corrected chi connectivity index (χ4v) is 2.05. The van der Waals surface area contributed by atoms with Gasteiger partial charge in [0.2, 0.25) is 0 Å². The van der Waals surface area contributed by atoms with E-state index < -0.39 is 5.91 Å². The molecule has 1 heterocycles. The topological polar surface area (TPSA) is 99.4 Å². The maximum Gasteiger partial charge on any atom is 0.252 e. The number of hydrogen-bond donors (Lipinski definition) is 2. The van der Waals surface area contributed by atoms with Crippen molar-refractivity contribution in [2.75, 3.05) is 19.0 Å². The van der Waals surface area contributed by atoms with Crippen LogP contribution >= 0.6 is 11.6 Å². The minimum absolute atomic E-state index is 0.0997. The van der Waals surface area contributed by atoms with Crippen LogP contribution in [0.2, 0.25) is 5.15 Å². The van der Waals surface area contributed by atoms with Crippen molar-refractivity contribution < 1.29 is 14.3 Å². The fourth-order valence-electron chi connectivity index (χ4n) is 1.90. The Morgan fingerprint density at radius 3 is 2.70 bits per heavy atom. The average molecular weight is 337 g/mol. The number of rotatable bonds is 7. The van der Waals surface area contributed by atoms with Crippen molar-refractivity contribution in [2.24, 2.45) is 5.73 Å². The van der Waals surface area contributed by atoms with E-state index in [1.54, 1.807) is 7.11 Å². The third-order valence-corrected chi connectivity index (χ3v) is 3.17. The van der Waals surface area contributed by atoms with E-state index in [4.69, 9.17) is 26.8 Å². The minimum Gasteiger partial charge on any atom is -0.493 e. The summed E-state index contributed by atoms with van der Waals surface area (Å²) < 4.78 is 11.0. The molecule has 8 heteroatoms. The van der Waals surface area contributed by atoms with Crippen molar-refractivity contribution in [3.63, 3.8) is 0 Å². The van der Waals surface area contributed by atoms with Crippen molar-refractivity contribution in [3.8, 4) is 11.5 Å². The smallest absolute Gasteiger partial charge is 0.252 e. The monoisotopic (exact) mass is 336 g/mol. The third-order valence-electron chi connectivity index (χ3n) is 2.98. The second-order valence-electron chi connectivity index (χ2n) is 4.75. The quantitative estimate of drug-likeness (QED) is 0.803. The molecular weight excluding hydrogens is 320 g/mol. The van der Waals surface area contributed by atoms with E-state index in [1.165, 1.54) is 6.07 Å². The van der Waals surface area contributed by atoms with Crippen LogP contribution in [-0.2, 0) is 0 Å². The Morgan fingerprint density at radius 1 is 1.35 bits per heavy atom. The van der Waals surface area contributed by atoms with Gasteiger partial charge in [-0.3, -0.25) is 4.79 Å². The van der Waals surface area contributed by atoms with Gasteiger partial charge in [0.15, 0.2) is 22.5 Å². The summed E-state index contributed by atoms with van der Waals surface area (Å²) in [7, 11) is 1.58. The molecular formula is C15H17ClN4O3. The first-order valence-electron chi connectivity index (χ1n) is 6.88. The molecule has 0 saturated heterocycles. The molecule has 0 spiro atoms. The van der Waals surface area contributed by atoms with Gasteiger partial charge in [0, 0.05) is 0 Å². The highest BCUT2D eigenvalue weighted by Gasteiger charge is 2.14. The summed E-state index contributed by atoms with van der Waals surface area (Å²) in [4.78, 5) is 11.4. The Hall–Kier alpha value is -2.54. The molecule has 1 amide bonds. The number of aromatic nitrogens is 2. The molecule has 1 aromatic carbocycles. The van der Waals surface area contributed by atoms with Crippen LogP contribution in [0.1, 0.15) is 17.3 Å². The molecule has 1 unspecified atom stereocenters. The zero-order valence-electron chi connectivity index (χ0n) is 12.7. The Morgan fingerprint density at radius 2 is 2.04 bits per heavy atom. The van der Waals surface area contributed by atoms with E-state index in [1.807, 2.05) is 31.2 Å². The molecule has 122 valence electrons. The molecule has 0 radical (unpaired) electrons. The van der Waals surface area contributed by atoms with E-state index >= 15 is 0 Å². The lowest BCUT2D eigenvalue weighted by molar-refractivity contribution is 0.100. The minimum atomic E-state index is -0.636. The number of carbonyl (C=O) groups is 1. The van der Waals surface area contributed by atoms with Crippen LogP contribution in [0, 0.1) is 0 Å². The average Bonchev–Trinajstić information content (AvgIpc) is 2.54. The Labute approximate surface area is 138 Å². The number of ether oxygens (including phenoxy) is 2. The van der Waals surface area contributed by atoms with Gasteiger partial charge in [-0.05, 0) is 25.1 Å². The maximum atomic E-state index is 11.4. The number of anilines is 1. The Balaban J connectivity index is 2.02. The van der Waals surface area contributed by atoms with Gasteiger partial charge in [0.25, 0.3) is 5.91 Å². The van der Waals surface area contributed by atoms with Crippen LogP contribution in [0.5, 0.6) is 11.5 Å². The van der Waals surface area contributed by atoms with E-state index in [9.17, 15) is 4.79 Å². The second kappa shape index (κ2) is 7.64. The molecule has 0 aliphatic carbocycles. The van der Waals surface area contributed by atoms with Gasteiger partial charge in [-0.2, -0.15) is 0 Å². The first-order valence-corrected chi connectivity index (χ1v) is 7.25. The molecule has 2 aromatic rings. The van der Waals surface area contributed by atoms with Gasteiger partial charge in [-0.1, -0.05) is 23.7 Å². The number of primary amides is 1. The number of benzene rings is 1. The number of nitrogens with two attached hydrogens (primary N) is 1. The highest BCUT2D eigenvalue weighted by molar-refractivity contribution is 6.29. The zero-order chi connectivity index (χ0) is 16.8. The highest BCUT2D eigenvalue weighted by Crippen LogP contribution is 2.26. The SMILES string of the molecule is COc1ccccc1OC(C)CNc1nnc(Cl)cc1C(N)=O. The zero-order valence-corrected chi connectivity index (χ0v) is 13.5. The van der Waals surface area contributed by atoms with Crippen LogP contribution in [0.15, 0.2) is 30.3 Å². The second-order valence-corrected chi connectivity index (χ2v) is 5.14. The van der Waals surface area contributed by atoms with E-state index in [-0.39, 0.29) is 22.6 Å². The largest absolute Gasteiger partial charge is 0.493 e. The fraction of sp³-hybridized carbons (Fsp3) is 0.267. The summed E-state index contributed by atoms with van der Waals surface area (Å²) in [6.07, 6.45) is -0.218. The number of amides is 1. The molecule has 2 rings (SSSR count). The summed E-state index contributed by atoms with van der Waals surface area (Å²) in [6.45, 7) is 2.25. The molecule has 3 N–H and O–H groups in total. The van der Waals surface area contributed by atoms with E-state index in [0.29, 0.717) is 18.0 Å². The molecule has 23 heavy (non-hydrogen) atoms. The number of nitrogens with one attached hydrogen (secondary N) is 1. The molecule has 0 bridgehead atoms. The van der Waals surface area contributed by atoms with Gasteiger partial charge in [-0.15, -0.1) is 10.2 Å². The van der Waals surface area contributed by atoms with E-state index in [0.717, 1.165) is 0 Å². The van der Waals surface area contributed by atoms with Gasteiger partial charge in [-0.25, -0.2) is 0 Å². The van der Waals surface area contributed by atoms with Crippen LogP contribution in [0.25, 0.3) is 0 Å². The van der Waals surface area contributed by atoms with Crippen LogP contribution in [0.3, 0.4) is 0 Å². The highest BCUT2D eigenvalue weighted by atomic mass is 35.5. The number of hydrogen-bond acceptors (Lipinski definition) is 6. The molecule has 0 aliphatic heterocycles.